The Bertz CT molecular complexity index is 958. The van der Waals surface area contributed by atoms with Crippen molar-refractivity contribution >= 4 is 29.3 Å². The van der Waals surface area contributed by atoms with Crippen LogP contribution < -0.4 is 10.1 Å². The number of carbonyl (C=O) groups excluding carboxylic acids is 1. The normalized spacial score (nSPS) is 10.8. The summed E-state index contributed by atoms with van der Waals surface area (Å²) in [5, 5.41) is 12.8. The Labute approximate surface area is 186 Å². The van der Waals surface area contributed by atoms with Crippen LogP contribution >= 0.6 is 23.4 Å². The number of hydrogen-bond donors (Lipinski definition) is 1. The van der Waals surface area contributed by atoms with Crippen molar-refractivity contribution < 1.29 is 9.53 Å². The molecule has 158 valence electrons. The van der Waals surface area contributed by atoms with Crippen molar-refractivity contribution in [2.24, 2.45) is 7.05 Å². The zero-order chi connectivity index (χ0) is 21.3. The lowest BCUT2D eigenvalue weighted by atomic mass is 10.2. The average Bonchev–Trinajstić information content (AvgIpc) is 3.13. The van der Waals surface area contributed by atoms with E-state index in [0.717, 1.165) is 42.1 Å². The Kier molecular flexibility index (Phi) is 8.16. The van der Waals surface area contributed by atoms with Crippen LogP contribution in [0.2, 0.25) is 5.02 Å². The first kappa shape index (κ1) is 22.2. The predicted octanol–water partition coefficient (Wildman–Crippen LogP) is 4.72. The number of rotatable bonds is 10. The molecule has 0 aliphatic heterocycles. The third-order valence-corrected chi connectivity index (χ3v) is 5.72. The maximum absolute atomic E-state index is 12.2. The number of halogens is 1. The van der Waals surface area contributed by atoms with Crippen molar-refractivity contribution in [3.8, 4) is 17.1 Å². The minimum absolute atomic E-state index is 0.0620. The van der Waals surface area contributed by atoms with Gasteiger partial charge in [0, 0.05) is 24.2 Å². The number of amides is 1. The lowest BCUT2D eigenvalue weighted by Crippen LogP contribution is -2.24. The molecule has 1 heterocycles. The van der Waals surface area contributed by atoms with E-state index in [9.17, 15) is 4.79 Å². The molecule has 8 heteroatoms. The van der Waals surface area contributed by atoms with Gasteiger partial charge in [-0.3, -0.25) is 4.79 Å². The van der Waals surface area contributed by atoms with Crippen LogP contribution in [0.1, 0.15) is 25.3 Å². The van der Waals surface area contributed by atoms with Gasteiger partial charge in [-0.05, 0) is 48.4 Å². The first-order valence-electron chi connectivity index (χ1n) is 9.83. The second-order valence-corrected chi connectivity index (χ2v) is 8.16. The maximum Gasteiger partial charge on any atom is 0.230 e. The molecule has 3 aromatic rings. The van der Waals surface area contributed by atoms with E-state index >= 15 is 0 Å². The quantitative estimate of drug-likeness (QED) is 0.362. The summed E-state index contributed by atoms with van der Waals surface area (Å²) in [6.45, 7) is 3.33. The summed E-state index contributed by atoms with van der Waals surface area (Å²) >= 11 is 7.23. The highest BCUT2D eigenvalue weighted by Gasteiger charge is 2.13. The second-order valence-electron chi connectivity index (χ2n) is 6.78. The Morgan fingerprint density at radius 1 is 1.13 bits per heavy atom. The molecule has 0 unspecified atom stereocenters. The highest BCUT2D eigenvalue weighted by Crippen LogP contribution is 2.24. The summed E-state index contributed by atoms with van der Waals surface area (Å²) in [4.78, 5) is 12.2. The number of nitrogens with zero attached hydrogens (tertiary/aromatic N) is 3. The fourth-order valence-electron chi connectivity index (χ4n) is 2.71. The van der Waals surface area contributed by atoms with Gasteiger partial charge in [0.25, 0.3) is 0 Å². The molecule has 0 aliphatic rings. The third-order valence-electron chi connectivity index (χ3n) is 4.45. The first-order chi connectivity index (χ1) is 14.6. The molecular weight excluding hydrogens is 420 g/mol. The molecule has 2 aromatic carbocycles. The van der Waals surface area contributed by atoms with Crippen LogP contribution in [0.25, 0.3) is 11.4 Å². The van der Waals surface area contributed by atoms with Gasteiger partial charge < -0.3 is 14.6 Å². The van der Waals surface area contributed by atoms with Gasteiger partial charge in [-0.15, -0.1) is 10.2 Å². The van der Waals surface area contributed by atoms with Gasteiger partial charge >= 0.3 is 0 Å². The summed E-state index contributed by atoms with van der Waals surface area (Å²) in [6, 6.07) is 15.2. The molecule has 1 N–H and O–H groups in total. The molecule has 0 radical (unpaired) electrons. The second kappa shape index (κ2) is 11.0. The summed E-state index contributed by atoms with van der Waals surface area (Å²) < 4.78 is 7.59. The number of unbranched alkanes of at least 4 members (excludes halogenated alkanes) is 1. The number of hydrogen-bond acceptors (Lipinski definition) is 5. The maximum atomic E-state index is 12.2. The molecule has 0 spiro atoms. The number of nitrogens with one attached hydrogen (secondary N) is 1. The molecule has 30 heavy (non-hydrogen) atoms. The molecule has 3 rings (SSSR count). The summed E-state index contributed by atoms with van der Waals surface area (Å²) in [6.07, 6.45) is 2.15. The van der Waals surface area contributed by atoms with Gasteiger partial charge in [0.2, 0.25) is 5.91 Å². The van der Waals surface area contributed by atoms with Crippen LogP contribution in [-0.2, 0) is 18.4 Å². The minimum atomic E-state index is -0.0620. The van der Waals surface area contributed by atoms with Gasteiger partial charge in [-0.25, -0.2) is 0 Å². The van der Waals surface area contributed by atoms with Crippen LogP contribution in [0.5, 0.6) is 5.75 Å². The SMILES string of the molecule is CCCCOc1ccc(-c2nnc(SCC(=O)NCc3ccc(Cl)cc3)n2C)cc1. The molecule has 0 saturated heterocycles. The number of carbonyl (C=O) groups is 1. The number of thioether (sulfide) groups is 1. The fraction of sp³-hybridized carbons (Fsp3) is 0.318. The topological polar surface area (TPSA) is 69.0 Å². The summed E-state index contributed by atoms with van der Waals surface area (Å²) in [7, 11) is 1.90. The molecule has 0 saturated carbocycles. The Balaban J connectivity index is 1.52. The van der Waals surface area contributed by atoms with Crippen LogP contribution in [0.3, 0.4) is 0 Å². The van der Waals surface area contributed by atoms with Crippen molar-refractivity contribution in [1.82, 2.24) is 20.1 Å². The van der Waals surface area contributed by atoms with E-state index in [1.54, 1.807) is 0 Å². The lowest BCUT2D eigenvalue weighted by Gasteiger charge is -2.07. The Morgan fingerprint density at radius 2 is 1.87 bits per heavy atom. The highest BCUT2D eigenvalue weighted by molar-refractivity contribution is 7.99. The van der Waals surface area contributed by atoms with Crippen molar-refractivity contribution in [3.63, 3.8) is 0 Å². The van der Waals surface area contributed by atoms with Gasteiger partial charge in [0.15, 0.2) is 11.0 Å². The van der Waals surface area contributed by atoms with Crippen molar-refractivity contribution in [2.75, 3.05) is 12.4 Å². The van der Waals surface area contributed by atoms with E-state index < -0.39 is 0 Å². The van der Waals surface area contributed by atoms with Gasteiger partial charge in [-0.1, -0.05) is 48.8 Å². The molecule has 1 aromatic heterocycles. The van der Waals surface area contributed by atoms with Crippen LogP contribution in [0.4, 0.5) is 0 Å². The number of benzene rings is 2. The number of aromatic nitrogens is 3. The molecule has 0 bridgehead atoms. The highest BCUT2D eigenvalue weighted by atomic mass is 35.5. The van der Waals surface area contributed by atoms with Crippen molar-refractivity contribution in [1.29, 1.82) is 0 Å². The van der Waals surface area contributed by atoms with E-state index in [-0.39, 0.29) is 11.7 Å². The molecule has 6 nitrogen and oxygen atoms in total. The van der Waals surface area contributed by atoms with E-state index in [4.69, 9.17) is 16.3 Å². The Morgan fingerprint density at radius 3 is 2.57 bits per heavy atom. The van der Waals surface area contributed by atoms with E-state index in [0.29, 0.717) is 16.7 Å². The van der Waals surface area contributed by atoms with Crippen molar-refractivity contribution in [3.05, 3.63) is 59.1 Å². The third kappa shape index (κ3) is 6.24. The lowest BCUT2D eigenvalue weighted by molar-refractivity contribution is -0.118. The molecule has 0 atom stereocenters. The largest absolute Gasteiger partial charge is 0.494 e. The Hall–Kier alpha value is -2.51. The first-order valence-corrected chi connectivity index (χ1v) is 11.2. The molecule has 1 amide bonds. The predicted molar refractivity (Wildman–Crippen MR) is 121 cm³/mol. The van der Waals surface area contributed by atoms with E-state index in [2.05, 4.69) is 22.4 Å². The van der Waals surface area contributed by atoms with Gasteiger partial charge in [0.1, 0.15) is 5.75 Å². The number of ether oxygens (including phenoxy) is 1. The van der Waals surface area contributed by atoms with Crippen LogP contribution in [0.15, 0.2) is 53.7 Å². The standard InChI is InChI=1S/C22H25ClN4O2S/c1-3-4-13-29-19-11-7-17(8-12-19)21-25-26-22(27(21)2)30-15-20(28)24-14-16-5-9-18(23)10-6-16/h5-12H,3-4,13-15H2,1-2H3,(H,24,28). The molecular formula is C22H25ClN4O2S. The van der Waals surface area contributed by atoms with Crippen LogP contribution in [-0.4, -0.2) is 33.0 Å². The van der Waals surface area contributed by atoms with Crippen molar-refractivity contribution in [2.45, 2.75) is 31.5 Å². The van der Waals surface area contributed by atoms with E-state index in [1.807, 2.05) is 60.1 Å². The minimum Gasteiger partial charge on any atom is -0.494 e. The summed E-state index contributed by atoms with van der Waals surface area (Å²) in [5.74, 6) is 1.80. The van der Waals surface area contributed by atoms with E-state index in [1.165, 1.54) is 11.8 Å². The average molecular weight is 445 g/mol. The molecule has 0 aliphatic carbocycles. The summed E-state index contributed by atoms with van der Waals surface area (Å²) in [5.41, 5.74) is 1.95. The smallest absolute Gasteiger partial charge is 0.230 e. The fourth-order valence-corrected chi connectivity index (χ4v) is 3.58. The molecule has 0 fully saturated rings. The zero-order valence-electron chi connectivity index (χ0n) is 17.1. The van der Waals surface area contributed by atoms with Gasteiger partial charge in [-0.2, -0.15) is 0 Å². The zero-order valence-corrected chi connectivity index (χ0v) is 18.7. The monoisotopic (exact) mass is 444 g/mol. The van der Waals surface area contributed by atoms with Crippen LogP contribution in [0, 0.1) is 0 Å². The van der Waals surface area contributed by atoms with Gasteiger partial charge in [0.05, 0.1) is 12.4 Å².